The van der Waals surface area contributed by atoms with E-state index in [9.17, 15) is 4.79 Å². The lowest BCUT2D eigenvalue weighted by Crippen LogP contribution is -2.61. The van der Waals surface area contributed by atoms with Gasteiger partial charge in [0.2, 0.25) is 5.91 Å². The van der Waals surface area contributed by atoms with Gasteiger partial charge in [-0.2, -0.15) is 0 Å². The Labute approximate surface area is 196 Å². The molecule has 2 unspecified atom stereocenters. The van der Waals surface area contributed by atoms with E-state index in [1.807, 2.05) is 12.1 Å². The highest BCUT2D eigenvalue weighted by Crippen LogP contribution is 2.38. The molecule has 3 aliphatic rings. The summed E-state index contributed by atoms with van der Waals surface area (Å²) in [6.07, 6.45) is 0.756. The van der Waals surface area contributed by atoms with Crippen LogP contribution in [0.25, 0.3) is 0 Å². The Morgan fingerprint density at radius 1 is 1.09 bits per heavy atom. The smallest absolute Gasteiger partial charge is 0.225 e. The largest absolute Gasteiger partial charge is 0.497 e. The van der Waals surface area contributed by atoms with Gasteiger partial charge in [0.15, 0.2) is 0 Å². The number of piperazine rings is 1. The van der Waals surface area contributed by atoms with Gasteiger partial charge in [-0.25, -0.2) is 0 Å². The van der Waals surface area contributed by atoms with Crippen LogP contribution in [-0.2, 0) is 16.0 Å². The lowest BCUT2D eigenvalue weighted by Gasteiger charge is -2.49. The molecule has 3 heterocycles. The standard InChI is InChI=1S/C26H34N4O3/c1-32-22-8-7-20-17-23(26(31)27-9-10-28-13-15-33-16-14-28)25-19-29(21-5-3-2-4-6-21)11-12-30(25)24(20)18-22/h2-8,18,23,25H,9-17,19H2,1H3,(H,27,31). The van der Waals surface area contributed by atoms with Crippen LogP contribution in [0.5, 0.6) is 5.75 Å². The molecule has 5 rings (SSSR count). The van der Waals surface area contributed by atoms with Crippen LogP contribution in [0.4, 0.5) is 11.4 Å². The van der Waals surface area contributed by atoms with E-state index in [2.05, 4.69) is 56.4 Å². The van der Waals surface area contributed by atoms with Gasteiger partial charge in [0.25, 0.3) is 0 Å². The summed E-state index contributed by atoms with van der Waals surface area (Å²) in [4.78, 5) is 20.7. The predicted octanol–water partition coefficient (Wildman–Crippen LogP) is 2.01. The number of hydrogen-bond acceptors (Lipinski definition) is 6. The molecule has 0 radical (unpaired) electrons. The zero-order valence-corrected chi connectivity index (χ0v) is 19.4. The molecule has 3 aliphatic heterocycles. The van der Waals surface area contributed by atoms with Gasteiger partial charge in [0.05, 0.1) is 32.3 Å². The Balaban J connectivity index is 1.34. The van der Waals surface area contributed by atoms with Gasteiger partial charge in [0, 0.05) is 63.3 Å². The fraction of sp³-hybridized carbons (Fsp3) is 0.500. The number of anilines is 2. The van der Waals surface area contributed by atoms with Crippen molar-refractivity contribution in [2.45, 2.75) is 12.5 Å². The molecule has 0 aliphatic carbocycles. The highest BCUT2D eigenvalue weighted by Gasteiger charge is 2.41. The van der Waals surface area contributed by atoms with Crippen molar-refractivity contribution in [2.75, 3.05) is 75.9 Å². The van der Waals surface area contributed by atoms with Crippen LogP contribution in [-0.4, -0.2) is 83.0 Å². The summed E-state index contributed by atoms with van der Waals surface area (Å²) in [6.45, 7) is 7.66. The number of rotatable bonds is 6. The first-order valence-corrected chi connectivity index (χ1v) is 12.0. The van der Waals surface area contributed by atoms with Crippen LogP contribution in [0.2, 0.25) is 0 Å². The minimum Gasteiger partial charge on any atom is -0.497 e. The summed E-state index contributed by atoms with van der Waals surface area (Å²) in [5.41, 5.74) is 3.66. The van der Waals surface area contributed by atoms with Crippen molar-refractivity contribution in [3.05, 3.63) is 54.1 Å². The van der Waals surface area contributed by atoms with Gasteiger partial charge in [-0.05, 0) is 30.2 Å². The molecule has 0 bridgehead atoms. The Kier molecular flexibility index (Phi) is 6.69. The van der Waals surface area contributed by atoms with E-state index in [1.54, 1.807) is 7.11 Å². The zero-order valence-electron chi connectivity index (χ0n) is 19.4. The number of morpholine rings is 1. The minimum absolute atomic E-state index is 0.0814. The third-order valence-corrected chi connectivity index (χ3v) is 7.21. The van der Waals surface area contributed by atoms with E-state index in [0.717, 1.165) is 64.7 Å². The molecule has 0 saturated carbocycles. The van der Waals surface area contributed by atoms with Crippen molar-refractivity contribution in [1.82, 2.24) is 10.2 Å². The Bertz CT molecular complexity index is 948. The molecule has 7 heteroatoms. The second-order valence-electron chi connectivity index (χ2n) is 9.09. The number of ether oxygens (including phenoxy) is 2. The molecular formula is C26H34N4O3. The van der Waals surface area contributed by atoms with Crippen molar-refractivity contribution >= 4 is 17.3 Å². The van der Waals surface area contributed by atoms with Gasteiger partial charge >= 0.3 is 0 Å². The van der Waals surface area contributed by atoms with E-state index in [-0.39, 0.29) is 17.9 Å². The van der Waals surface area contributed by atoms with Crippen LogP contribution in [0.1, 0.15) is 5.56 Å². The topological polar surface area (TPSA) is 57.3 Å². The average Bonchev–Trinajstić information content (AvgIpc) is 2.88. The number of para-hydroxylation sites is 1. The lowest BCUT2D eigenvalue weighted by molar-refractivity contribution is -0.125. The number of fused-ring (bicyclic) bond motifs is 3. The Morgan fingerprint density at radius 2 is 1.91 bits per heavy atom. The fourth-order valence-electron chi connectivity index (χ4n) is 5.37. The molecule has 2 aromatic rings. The maximum Gasteiger partial charge on any atom is 0.225 e. The third-order valence-electron chi connectivity index (χ3n) is 7.21. The molecule has 33 heavy (non-hydrogen) atoms. The van der Waals surface area contributed by atoms with Gasteiger partial charge in [-0.3, -0.25) is 9.69 Å². The van der Waals surface area contributed by atoms with Crippen LogP contribution in [0.3, 0.4) is 0 Å². The van der Waals surface area contributed by atoms with Crippen LogP contribution in [0, 0.1) is 5.92 Å². The van der Waals surface area contributed by atoms with Crippen molar-refractivity contribution < 1.29 is 14.3 Å². The highest BCUT2D eigenvalue weighted by atomic mass is 16.5. The normalized spacial score (nSPS) is 22.9. The van der Waals surface area contributed by atoms with Gasteiger partial charge in [-0.15, -0.1) is 0 Å². The van der Waals surface area contributed by atoms with E-state index < -0.39 is 0 Å². The monoisotopic (exact) mass is 450 g/mol. The summed E-state index contributed by atoms with van der Waals surface area (Å²) >= 11 is 0. The predicted molar refractivity (Wildman–Crippen MR) is 130 cm³/mol. The second kappa shape index (κ2) is 10.0. The Hall–Kier alpha value is -2.77. The molecule has 2 atom stereocenters. The number of carbonyl (C=O) groups is 1. The van der Waals surface area contributed by atoms with Crippen molar-refractivity contribution in [2.24, 2.45) is 5.92 Å². The first kappa shape index (κ1) is 22.0. The molecule has 1 N–H and O–H groups in total. The second-order valence-corrected chi connectivity index (χ2v) is 9.09. The molecule has 2 fully saturated rings. The number of carbonyl (C=O) groups excluding carboxylic acids is 1. The van der Waals surface area contributed by atoms with E-state index in [4.69, 9.17) is 9.47 Å². The maximum absolute atomic E-state index is 13.4. The molecule has 0 aromatic heterocycles. The fourth-order valence-corrected chi connectivity index (χ4v) is 5.37. The summed E-state index contributed by atoms with van der Waals surface area (Å²) in [6, 6.07) is 16.9. The molecule has 7 nitrogen and oxygen atoms in total. The van der Waals surface area contributed by atoms with Gasteiger partial charge in [0.1, 0.15) is 5.75 Å². The molecule has 2 aromatic carbocycles. The molecule has 1 amide bonds. The summed E-state index contributed by atoms with van der Waals surface area (Å²) < 4.78 is 10.9. The number of methoxy groups -OCH3 is 1. The van der Waals surface area contributed by atoms with Gasteiger partial charge in [-0.1, -0.05) is 24.3 Å². The van der Waals surface area contributed by atoms with E-state index in [1.165, 1.54) is 16.9 Å². The average molecular weight is 451 g/mol. The van der Waals surface area contributed by atoms with E-state index in [0.29, 0.717) is 6.54 Å². The molecule has 2 saturated heterocycles. The van der Waals surface area contributed by atoms with E-state index >= 15 is 0 Å². The quantitative estimate of drug-likeness (QED) is 0.727. The molecule has 0 spiro atoms. The highest BCUT2D eigenvalue weighted by molar-refractivity contribution is 5.82. The van der Waals surface area contributed by atoms with Crippen LogP contribution in [0.15, 0.2) is 48.5 Å². The number of nitrogens with zero attached hydrogens (tertiary/aromatic N) is 3. The molecule has 176 valence electrons. The molecular weight excluding hydrogens is 416 g/mol. The van der Waals surface area contributed by atoms with Crippen molar-refractivity contribution in [3.63, 3.8) is 0 Å². The van der Waals surface area contributed by atoms with Crippen LogP contribution < -0.4 is 19.9 Å². The van der Waals surface area contributed by atoms with Crippen LogP contribution >= 0.6 is 0 Å². The van der Waals surface area contributed by atoms with Crippen molar-refractivity contribution in [3.8, 4) is 5.75 Å². The Morgan fingerprint density at radius 3 is 2.70 bits per heavy atom. The summed E-state index contributed by atoms with van der Waals surface area (Å²) in [5, 5.41) is 3.25. The number of hydrogen-bond donors (Lipinski definition) is 1. The lowest BCUT2D eigenvalue weighted by atomic mass is 9.83. The number of nitrogens with one attached hydrogen (secondary N) is 1. The minimum atomic E-state index is -0.0814. The number of amides is 1. The van der Waals surface area contributed by atoms with Crippen molar-refractivity contribution in [1.29, 1.82) is 0 Å². The summed E-state index contributed by atoms with van der Waals surface area (Å²) in [7, 11) is 1.71. The first-order valence-electron chi connectivity index (χ1n) is 12.0. The number of benzene rings is 2. The summed E-state index contributed by atoms with van der Waals surface area (Å²) in [5.74, 6) is 0.947. The maximum atomic E-state index is 13.4. The SMILES string of the molecule is COc1ccc2c(c1)N1CCN(c3ccccc3)CC1C(C(=O)NCCN1CCOCC1)C2. The third kappa shape index (κ3) is 4.80. The van der Waals surface area contributed by atoms with Gasteiger partial charge < -0.3 is 24.6 Å². The first-order chi connectivity index (χ1) is 16.2. The zero-order chi connectivity index (χ0) is 22.6.